The Morgan fingerprint density at radius 1 is 1.24 bits per heavy atom. The number of fused-ring (bicyclic) bond motifs is 1. The summed E-state index contributed by atoms with van der Waals surface area (Å²) in [6.45, 7) is 4.02. The van der Waals surface area contributed by atoms with Crippen molar-refractivity contribution in [1.82, 2.24) is 4.98 Å². The predicted octanol–water partition coefficient (Wildman–Crippen LogP) is 4.92. The molecule has 0 amide bonds. The summed E-state index contributed by atoms with van der Waals surface area (Å²) in [7, 11) is 0. The smallest absolute Gasteiger partial charge is 0.195 e. The van der Waals surface area contributed by atoms with Crippen molar-refractivity contribution in [2.45, 2.75) is 20.3 Å². The molecule has 0 aliphatic heterocycles. The van der Waals surface area contributed by atoms with Gasteiger partial charge < -0.3 is 4.98 Å². The second-order valence-corrected chi connectivity index (χ2v) is 5.60. The molecule has 2 aromatic carbocycles. The molecule has 1 heterocycles. The van der Waals surface area contributed by atoms with Crippen molar-refractivity contribution in [3.63, 3.8) is 0 Å². The van der Waals surface area contributed by atoms with Gasteiger partial charge in [-0.05, 0) is 42.7 Å². The summed E-state index contributed by atoms with van der Waals surface area (Å²) >= 11 is 6.03. The van der Waals surface area contributed by atoms with Gasteiger partial charge in [-0.15, -0.1) is 0 Å². The van der Waals surface area contributed by atoms with E-state index in [1.54, 1.807) is 18.3 Å². The van der Waals surface area contributed by atoms with Gasteiger partial charge in [0.1, 0.15) is 0 Å². The summed E-state index contributed by atoms with van der Waals surface area (Å²) < 4.78 is 0. The fourth-order valence-corrected chi connectivity index (χ4v) is 2.76. The Morgan fingerprint density at radius 2 is 2.05 bits per heavy atom. The molecule has 0 spiro atoms. The maximum atomic E-state index is 12.7. The molecule has 0 saturated heterocycles. The third-order valence-electron chi connectivity index (χ3n) is 3.85. The number of carbonyl (C=O) groups excluding carboxylic acids is 1. The van der Waals surface area contributed by atoms with Crippen LogP contribution in [-0.2, 0) is 6.42 Å². The van der Waals surface area contributed by atoms with E-state index in [9.17, 15) is 4.79 Å². The highest BCUT2D eigenvalue weighted by Gasteiger charge is 2.15. The Balaban J connectivity index is 2.11. The van der Waals surface area contributed by atoms with Gasteiger partial charge in [0.2, 0.25) is 0 Å². The van der Waals surface area contributed by atoms with Gasteiger partial charge >= 0.3 is 0 Å². The molecule has 0 fully saturated rings. The van der Waals surface area contributed by atoms with E-state index in [-0.39, 0.29) is 5.78 Å². The average Bonchev–Trinajstić information content (AvgIpc) is 2.93. The summed E-state index contributed by atoms with van der Waals surface area (Å²) in [6.07, 6.45) is 2.74. The molecule has 0 saturated carbocycles. The van der Waals surface area contributed by atoms with Crippen LogP contribution in [0.2, 0.25) is 5.02 Å². The van der Waals surface area contributed by atoms with Crippen LogP contribution in [-0.4, -0.2) is 10.8 Å². The van der Waals surface area contributed by atoms with Crippen molar-refractivity contribution >= 4 is 28.3 Å². The molecule has 2 nitrogen and oxygen atoms in total. The number of nitrogens with one attached hydrogen (secondary N) is 1. The van der Waals surface area contributed by atoms with Crippen LogP contribution < -0.4 is 0 Å². The van der Waals surface area contributed by atoms with Crippen LogP contribution >= 0.6 is 11.6 Å². The van der Waals surface area contributed by atoms with Crippen LogP contribution in [0.3, 0.4) is 0 Å². The average molecular weight is 298 g/mol. The SMILES string of the molecule is CCc1cccc2c(C(=O)c3ccc(Cl)c(C)c3)c[nH]c12. The van der Waals surface area contributed by atoms with Crippen LogP contribution in [0.5, 0.6) is 0 Å². The molecule has 1 aromatic heterocycles. The first kappa shape index (κ1) is 13.9. The van der Waals surface area contributed by atoms with Crippen LogP contribution in [0.15, 0.2) is 42.6 Å². The highest BCUT2D eigenvalue weighted by molar-refractivity contribution is 6.31. The van der Waals surface area contributed by atoms with Crippen LogP contribution in [0.1, 0.15) is 34.0 Å². The fourth-order valence-electron chi connectivity index (χ4n) is 2.64. The summed E-state index contributed by atoms with van der Waals surface area (Å²) in [4.78, 5) is 16.0. The summed E-state index contributed by atoms with van der Waals surface area (Å²) in [5.74, 6) is 0.0225. The molecule has 0 aliphatic carbocycles. The minimum atomic E-state index is 0.0225. The number of hydrogen-bond donors (Lipinski definition) is 1. The Labute approximate surface area is 128 Å². The Kier molecular flexibility index (Phi) is 3.56. The van der Waals surface area contributed by atoms with Crippen molar-refractivity contribution < 1.29 is 4.79 Å². The normalized spacial score (nSPS) is 11.0. The topological polar surface area (TPSA) is 32.9 Å². The Hall–Kier alpha value is -2.06. The van der Waals surface area contributed by atoms with Gasteiger partial charge in [-0.2, -0.15) is 0 Å². The van der Waals surface area contributed by atoms with E-state index in [1.807, 2.05) is 25.1 Å². The van der Waals surface area contributed by atoms with E-state index in [1.165, 1.54) is 5.56 Å². The van der Waals surface area contributed by atoms with E-state index in [0.717, 1.165) is 22.9 Å². The second kappa shape index (κ2) is 5.38. The number of hydrogen-bond acceptors (Lipinski definition) is 1. The summed E-state index contributed by atoms with van der Waals surface area (Å²) in [5, 5.41) is 1.66. The zero-order valence-corrected chi connectivity index (χ0v) is 12.8. The number of para-hydroxylation sites is 1. The first-order valence-electron chi connectivity index (χ1n) is 7.01. The fraction of sp³-hybridized carbons (Fsp3) is 0.167. The Morgan fingerprint density at radius 3 is 2.76 bits per heavy atom. The van der Waals surface area contributed by atoms with Gasteiger partial charge in [-0.1, -0.05) is 36.7 Å². The minimum absolute atomic E-state index is 0.0225. The zero-order valence-electron chi connectivity index (χ0n) is 12.0. The van der Waals surface area contributed by atoms with E-state index in [0.29, 0.717) is 16.1 Å². The van der Waals surface area contributed by atoms with Gasteiger partial charge in [0.15, 0.2) is 5.78 Å². The standard InChI is InChI=1S/C18H16ClNO/c1-3-12-5-4-6-14-15(10-20-17(12)14)18(21)13-7-8-16(19)11(2)9-13/h4-10,20H,3H2,1-2H3. The molecule has 0 aliphatic rings. The quantitative estimate of drug-likeness (QED) is 0.684. The summed E-state index contributed by atoms with van der Waals surface area (Å²) in [6, 6.07) is 11.5. The predicted molar refractivity (Wildman–Crippen MR) is 87.3 cm³/mol. The van der Waals surface area contributed by atoms with E-state index in [2.05, 4.69) is 18.0 Å². The molecular weight excluding hydrogens is 282 g/mol. The molecule has 0 radical (unpaired) electrons. The second-order valence-electron chi connectivity index (χ2n) is 5.19. The molecule has 21 heavy (non-hydrogen) atoms. The molecule has 3 rings (SSSR count). The van der Waals surface area contributed by atoms with Crippen molar-refractivity contribution in [2.75, 3.05) is 0 Å². The largest absolute Gasteiger partial charge is 0.360 e. The maximum absolute atomic E-state index is 12.7. The molecular formula is C18H16ClNO. The number of rotatable bonds is 3. The number of aromatic amines is 1. The summed E-state index contributed by atoms with van der Waals surface area (Å²) in [5.41, 5.74) is 4.56. The molecule has 0 bridgehead atoms. The van der Waals surface area contributed by atoms with Gasteiger partial charge in [0, 0.05) is 33.2 Å². The first-order valence-corrected chi connectivity index (χ1v) is 7.39. The van der Waals surface area contributed by atoms with Crippen molar-refractivity contribution in [1.29, 1.82) is 0 Å². The number of carbonyl (C=O) groups is 1. The van der Waals surface area contributed by atoms with Gasteiger partial charge in [-0.3, -0.25) is 4.79 Å². The van der Waals surface area contributed by atoms with Gasteiger partial charge in [0.05, 0.1) is 0 Å². The third-order valence-corrected chi connectivity index (χ3v) is 4.27. The van der Waals surface area contributed by atoms with Crippen molar-refractivity contribution in [3.05, 3.63) is 69.9 Å². The van der Waals surface area contributed by atoms with E-state index >= 15 is 0 Å². The maximum Gasteiger partial charge on any atom is 0.195 e. The molecule has 1 N–H and O–H groups in total. The molecule has 106 valence electrons. The monoisotopic (exact) mass is 297 g/mol. The molecule has 0 unspecified atom stereocenters. The van der Waals surface area contributed by atoms with E-state index < -0.39 is 0 Å². The zero-order chi connectivity index (χ0) is 15.0. The first-order chi connectivity index (χ1) is 10.1. The van der Waals surface area contributed by atoms with Crippen molar-refractivity contribution in [2.24, 2.45) is 0 Å². The lowest BCUT2D eigenvalue weighted by atomic mass is 10.00. The van der Waals surface area contributed by atoms with Crippen LogP contribution in [0, 0.1) is 6.92 Å². The lowest BCUT2D eigenvalue weighted by Crippen LogP contribution is -2.00. The van der Waals surface area contributed by atoms with Crippen LogP contribution in [0.4, 0.5) is 0 Å². The highest BCUT2D eigenvalue weighted by Crippen LogP contribution is 2.25. The number of benzene rings is 2. The third kappa shape index (κ3) is 2.36. The highest BCUT2D eigenvalue weighted by atomic mass is 35.5. The van der Waals surface area contributed by atoms with Crippen molar-refractivity contribution in [3.8, 4) is 0 Å². The van der Waals surface area contributed by atoms with E-state index in [4.69, 9.17) is 11.6 Å². The minimum Gasteiger partial charge on any atom is -0.360 e. The number of aryl methyl sites for hydroxylation is 2. The number of aromatic nitrogens is 1. The van der Waals surface area contributed by atoms with Crippen LogP contribution in [0.25, 0.3) is 10.9 Å². The Bertz CT molecular complexity index is 832. The number of halogens is 1. The molecule has 0 atom stereocenters. The van der Waals surface area contributed by atoms with Gasteiger partial charge in [0.25, 0.3) is 0 Å². The number of H-pyrrole nitrogens is 1. The lowest BCUT2D eigenvalue weighted by Gasteiger charge is -2.04. The number of ketones is 1. The molecule has 3 heteroatoms. The van der Waals surface area contributed by atoms with Gasteiger partial charge in [-0.25, -0.2) is 0 Å². The lowest BCUT2D eigenvalue weighted by molar-refractivity contribution is 0.104. The molecule has 3 aromatic rings.